The number of carbonyl (C=O) groups is 1. The highest BCUT2D eigenvalue weighted by Gasteiger charge is 2.34. The number of likely N-dealkylation sites (tertiary alicyclic amines) is 1. The Morgan fingerprint density at radius 1 is 1.22 bits per heavy atom. The third-order valence-corrected chi connectivity index (χ3v) is 5.73. The van der Waals surface area contributed by atoms with Gasteiger partial charge >= 0.3 is 0 Å². The Morgan fingerprint density at radius 2 is 2.00 bits per heavy atom. The van der Waals surface area contributed by atoms with Crippen LogP contribution in [-0.2, 0) is 11.3 Å². The highest BCUT2D eigenvalue weighted by Crippen LogP contribution is 2.31. The molecule has 7 heteroatoms. The monoisotopic (exact) mass is 399 g/mol. The first-order chi connectivity index (χ1) is 13.1. The van der Waals surface area contributed by atoms with E-state index in [1.54, 1.807) is 17.8 Å². The Kier molecular flexibility index (Phi) is 5.18. The van der Waals surface area contributed by atoms with Gasteiger partial charge in [0, 0.05) is 30.0 Å². The lowest BCUT2D eigenvalue weighted by Gasteiger charge is -2.16. The number of halogens is 1. The molecule has 1 aliphatic rings. The molecule has 0 saturated carbocycles. The van der Waals surface area contributed by atoms with Gasteiger partial charge < -0.3 is 9.42 Å². The maximum absolute atomic E-state index is 12.4. The summed E-state index contributed by atoms with van der Waals surface area (Å²) < 4.78 is 5.43. The van der Waals surface area contributed by atoms with Crippen LogP contribution in [0.15, 0.2) is 57.9 Å². The van der Waals surface area contributed by atoms with Crippen molar-refractivity contribution in [3.05, 3.63) is 65.0 Å². The van der Waals surface area contributed by atoms with E-state index in [0.717, 1.165) is 11.1 Å². The summed E-state index contributed by atoms with van der Waals surface area (Å²) in [5.41, 5.74) is 1.84. The fraction of sp³-hybridized carbons (Fsp3) is 0.250. The normalized spacial score (nSPS) is 16.9. The second kappa shape index (κ2) is 7.74. The molecule has 2 heterocycles. The van der Waals surface area contributed by atoms with Crippen LogP contribution in [0, 0.1) is 0 Å². The maximum Gasteiger partial charge on any atom is 0.232 e. The molecule has 2 aromatic carbocycles. The Hall–Kier alpha value is -2.31. The van der Waals surface area contributed by atoms with Gasteiger partial charge in [0.15, 0.2) is 0 Å². The maximum atomic E-state index is 12.4. The smallest absolute Gasteiger partial charge is 0.232 e. The van der Waals surface area contributed by atoms with Crippen molar-refractivity contribution >= 4 is 29.3 Å². The summed E-state index contributed by atoms with van der Waals surface area (Å²) in [6.07, 6.45) is 2.43. The van der Waals surface area contributed by atoms with Gasteiger partial charge in [0.25, 0.3) is 0 Å². The summed E-state index contributed by atoms with van der Waals surface area (Å²) in [6.45, 7) is 1.17. The SMILES string of the molecule is CSc1ccc(CN2CC(c3nc(-c4ccccc4Cl)no3)CC2=O)cc1. The van der Waals surface area contributed by atoms with E-state index in [9.17, 15) is 4.79 Å². The van der Waals surface area contributed by atoms with E-state index in [0.29, 0.717) is 36.2 Å². The quantitative estimate of drug-likeness (QED) is 0.585. The van der Waals surface area contributed by atoms with Crippen LogP contribution in [0.25, 0.3) is 11.4 Å². The first kappa shape index (κ1) is 18.1. The minimum absolute atomic E-state index is 0.0910. The Labute approximate surface area is 166 Å². The molecule has 0 N–H and O–H groups in total. The first-order valence-electron chi connectivity index (χ1n) is 8.63. The number of hydrogen-bond donors (Lipinski definition) is 0. The molecule has 0 radical (unpaired) electrons. The molecule has 1 amide bonds. The van der Waals surface area contributed by atoms with Crippen molar-refractivity contribution in [2.24, 2.45) is 0 Å². The summed E-state index contributed by atoms with van der Waals surface area (Å²) in [4.78, 5) is 20.0. The van der Waals surface area contributed by atoms with E-state index in [2.05, 4.69) is 34.4 Å². The number of nitrogens with zero attached hydrogens (tertiary/aromatic N) is 3. The van der Waals surface area contributed by atoms with Gasteiger partial charge in [-0.3, -0.25) is 4.79 Å². The van der Waals surface area contributed by atoms with Crippen LogP contribution in [-0.4, -0.2) is 33.7 Å². The molecular weight excluding hydrogens is 382 g/mol. The lowest BCUT2D eigenvalue weighted by Crippen LogP contribution is -2.24. The van der Waals surface area contributed by atoms with Gasteiger partial charge in [0.2, 0.25) is 17.6 Å². The van der Waals surface area contributed by atoms with E-state index in [-0.39, 0.29) is 11.8 Å². The predicted octanol–water partition coefficient (Wildman–Crippen LogP) is 4.63. The van der Waals surface area contributed by atoms with Crippen molar-refractivity contribution in [2.45, 2.75) is 23.8 Å². The second-order valence-electron chi connectivity index (χ2n) is 6.46. The zero-order valence-corrected chi connectivity index (χ0v) is 16.3. The van der Waals surface area contributed by atoms with E-state index >= 15 is 0 Å². The van der Waals surface area contributed by atoms with Crippen molar-refractivity contribution < 1.29 is 9.32 Å². The van der Waals surface area contributed by atoms with Gasteiger partial charge in [-0.05, 0) is 36.1 Å². The molecule has 1 unspecified atom stereocenters. The highest BCUT2D eigenvalue weighted by atomic mass is 35.5. The first-order valence-corrected chi connectivity index (χ1v) is 10.2. The lowest BCUT2D eigenvalue weighted by atomic mass is 10.1. The summed E-state index contributed by atoms with van der Waals surface area (Å²) in [7, 11) is 0. The Morgan fingerprint density at radius 3 is 2.74 bits per heavy atom. The van der Waals surface area contributed by atoms with Gasteiger partial charge in [-0.15, -0.1) is 11.8 Å². The predicted molar refractivity (Wildman–Crippen MR) is 106 cm³/mol. The topological polar surface area (TPSA) is 59.2 Å². The molecule has 0 spiro atoms. The third-order valence-electron chi connectivity index (χ3n) is 4.65. The zero-order valence-electron chi connectivity index (χ0n) is 14.8. The zero-order chi connectivity index (χ0) is 18.8. The van der Waals surface area contributed by atoms with E-state index in [4.69, 9.17) is 16.1 Å². The van der Waals surface area contributed by atoms with E-state index in [1.807, 2.05) is 29.4 Å². The molecule has 1 atom stereocenters. The lowest BCUT2D eigenvalue weighted by molar-refractivity contribution is -0.128. The molecule has 138 valence electrons. The van der Waals surface area contributed by atoms with Gasteiger partial charge in [-0.2, -0.15) is 4.98 Å². The average molecular weight is 400 g/mol. The summed E-state index contributed by atoms with van der Waals surface area (Å²) >= 11 is 7.90. The molecule has 1 saturated heterocycles. The largest absolute Gasteiger partial charge is 0.339 e. The number of benzene rings is 2. The van der Waals surface area contributed by atoms with Crippen molar-refractivity contribution in [1.29, 1.82) is 0 Å². The summed E-state index contributed by atoms with van der Waals surface area (Å²) in [5.74, 6) is 0.950. The molecule has 0 aliphatic carbocycles. The van der Waals surface area contributed by atoms with Gasteiger partial charge in [-0.25, -0.2) is 0 Å². The summed E-state index contributed by atoms with van der Waals surface area (Å²) in [6, 6.07) is 15.6. The standard InChI is InChI=1S/C20H18ClN3O2S/c1-27-15-8-6-13(7-9-15)11-24-12-14(10-18(24)25)20-22-19(23-26-20)16-4-2-3-5-17(16)21/h2-9,14H,10-12H2,1H3. The Bertz CT molecular complexity index is 958. The minimum Gasteiger partial charge on any atom is -0.339 e. The van der Waals surface area contributed by atoms with Gasteiger partial charge in [0.05, 0.1) is 10.9 Å². The fourth-order valence-corrected chi connectivity index (χ4v) is 3.82. The third kappa shape index (κ3) is 3.87. The Balaban J connectivity index is 1.47. The van der Waals surface area contributed by atoms with Crippen molar-refractivity contribution in [3.8, 4) is 11.4 Å². The summed E-state index contributed by atoms with van der Waals surface area (Å²) in [5, 5.41) is 4.61. The van der Waals surface area contributed by atoms with Crippen molar-refractivity contribution in [3.63, 3.8) is 0 Å². The van der Waals surface area contributed by atoms with Crippen LogP contribution >= 0.6 is 23.4 Å². The van der Waals surface area contributed by atoms with Crippen LogP contribution in [0.1, 0.15) is 23.8 Å². The van der Waals surface area contributed by atoms with E-state index < -0.39 is 0 Å². The van der Waals surface area contributed by atoms with Crippen LogP contribution in [0.2, 0.25) is 5.02 Å². The molecule has 3 aromatic rings. The molecule has 1 fully saturated rings. The molecule has 1 aliphatic heterocycles. The van der Waals surface area contributed by atoms with Crippen LogP contribution in [0.4, 0.5) is 0 Å². The van der Waals surface area contributed by atoms with Crippen LogP contribution < -0.4 is 0 Å². The molecule has 4 rings (SSSR count). The number of aromatic nitrogens is 2. The molecule has 27 heavy (non-hydrogen) atoms. The van der Waals surface area contributed by atoms with Gasteiger partial charge in [0.1, 0.15) is 0 Å². The fourth-order valence-electron chi connectivity index (χ4n) is 3.19. The number of amides is 1. The van der Waals surface area contributed by atoms with Crippen molar-refractivity contribution in [2.75, 3.05) is 12.8 Å². The molecule has 5 nitrogen and oxygen atoms in total. The average Bonchev–Trinajstić information content (AvgIpc) is 3.30. The second-order valence-corrected chi connectivity index (χ2v) is 7.75. The molecule has 1 aromatic heterocycles. The van der Waals surface area contributed by atoms with Gasteiger partial charge in [-0.1, -0.05) is 41.0 Å². The molecule has 0 bridgehead atoms. The van der Waals surface area contributed by atoms with Crippen LogP contribution in [0.5, 0.6) is 0 Å². The van der Waals surface area contributed by atoms with E-state index in [1.165, 1.54) is 4.90 Å². The molecular formula is C20H18ClN3O2S. The number of rotatable bonds is 5. The van der Waals surface area contributed by atoms with Crippen LogP contribution in [0.3, 0.4) is 0 Å². The number of hydrogen-bond acceptors (Lipinski definition) is 5. The highest BCUT2D eigenvalue weighted by molar-refractivity contribution is 7.98. The van der Waals surface area contributed by atoms with Crippen molar-refractivity contribution in [1.82, 2.24) is 15.0 Å². The number of carbonyl (C=O) groups excluding carboxylic acids is 1. The minimum atomic E-state index is -0.0910. The number of thioether (sulfide) groups is 1.